The monoisotopic (exact) mass is 313 g/mol. The predicted molar refractivity (Wildman–Crippen MR) is 89.1 cm³/mol. The Morgan fingerprint density at radius 1 is 1.35 bits per heavy atom. The molecule has 0 unspecified atom stereocenters. The molecule has 0 spiro atoms. The molecule has 1 saturated heterocycles. The summed E-state index contributed by atoms with van der Waals surface area (Å²) in [5.74, 6) is 0.0160. The molecule has 0 bridgehead atoms. The summed E-state index contributed by atoms with van der Waals surface area (Å²) in [7, 11) is 1.97. The lowest BCUT2D eigenvalue weighted by Gasteiger charge is -2.24. The van der Waals surface area contributed by atoms with E-state index in [2.05, 4.69) is 34.1 Å². The number of hydrogen-bond donors (Lipinski definition) is 1. The van der Waals surface area contributed by atoms with Crippen LogP contribution in [0.4, 0.5) is 5.69 Å². The van der Waals surface area contributed by atoms with Crippen LogP contribution in [-0.4, -0.2) is 38.7 Å². The first-order valence-electron chi connectivity index (χ1n) is 8.00. The summed E-state index contributed by atoms with van der Waals surface area (Å²) in [6.45, 7) is 5.50. The van der Waals surface area contributed by atoms with E-state index in [-0.39, 0.29) is 11.9 Å². The first kappa shape index (κ1) is 15.7. The van der Waals surface area contributed by atoms with Crippen molar-refractivity contribution in [3.8, 4) is 0 Å². The molecule has 23 heavy (non-hydrogen) atoms. The fourth-order valence-electron chi connectivity index (χ4n) is 3.43. The summed E-state index contributed by atoms with van der Waals surface area (Å²) in [6.07, 6.45) is 5.55. The van der Waals surface area contributed by atoms with E-state index in [1.807, 2.05) is 11.7 Å². The Hall–Kier alpha value is -2.21. The number of carbonyl (C=O) groups excluding carboxylic acids is 1. The molecule has 0 radical (unpaired) electrons. The summed E-state index contributed by atoms with van der Waals surface area (Å²) >= 11 is 0. The summed E-state index contributed by atoms with van der Waals surface area (Å²) < 4.78 is 1.93. The Morgan fingerprint density at radius 2 is 2.09 bits per heavy atom. The van der Waals surface area contributed by atoms with Crippen LogP contribution in [0, 0.1) is 13.8 Å². The fraction of sp³-hybridized carbons (Fsp3) is 0.471. The third-order valence-corrected chi connectivity index (χ3v) is 4.57. The van der Waals surface area contributed by atoms with Crippen molar-refractivity contribution in [1.82, 2.24) is 19.7 Å². The second-order valence-corrected chi connectivity index (χ2v) is 6.12. The zero-order chi connectivity index (χ0) is 16.4. The van der Waals surface area contributed by atoms with Crippen LogP contribution in [0.1, 0.15) is 35.8 Å². The first-order chi connectivity index (χ1) is 11.1. The maximum Gasteiger partial charge on any atom is 0.238 e. The summed E-state index contributed by atoms with van der Waals surface area (Å²) in [5, 5.41) is 7.45. The van der Waals surface area contributed by atoms with Gasteiger partial charge in [0.05, 0.1) is 12.2 Å². The number of likely N-dealkylation sites (tertiary alicyclic amines) is 1. The molecule has 6 heteroatoms. The Bertz CT molecular complexity index is 695. The van der Waals surface area contributed by atoms with Crippen LogP contribution in [0.25, 0.3) is 0 Å². The summed E-state index contributed by atoms with van der Waals surface area (Å²) in [4.78, 5) is 18.5. The van der Waals surface area contributed by atoms with Gasteiger partial charge >= 0.3 is 0 Å². The maximum absolute atomic E-state index is 12.3. The number of pyridine rings is 1. The van der Waals surface area contributed by atoms with Crippen LogP contribution in [-0.2, 0) is 11.8 Å². The number of aryl methyl sites for hydroxylation is 2. The number of nitrogens with zero attached hydrogens (tertiary/aromatic N) is 4. The van der Waals surface area contributed by atoms with E-state index in [4.69, 9.17) is 0 Å². The third kappa shape index (κ3) is 3.27. The third-order valence-electron chi connectivity index (χ3n) is 4.57. The van der Waals surface area contributed by atoms with Crippen LogP contribution in [0.3, 0.4) is 0 Å². The van der Waals surface area contributed by atoms with Gasteiger partial charge < -0.3 is 5.32 Å². The molecule has 1 amide bonds. The predicted octanol–water partition coefficient (Wildman–Crippen LogP) is 2.21. The average molecular weight is 313 g/mol. The van der Waals surface area contributed by atoms with Gasteiger partial charge in [0.1, 0.15) is 0 Å². The fourth-order valence-corrected chi connectivity index (χ4v) is 3.43. The minimum atomic E-state index is 0.0160. The van der Waals surface area contributed by atoms with Crippen LogP contribution < -0.4 is 5.32 Å². The molecule has 2 aromatic rings. The zero-order valence-electron chi connectivity index (χ0n) is 13.9. The zero-order valence-corrected chi connectivity index (χ0v) is 13.9. The van der Waals surface area contributed by atoms with Gasteiger partial charge in [-0.15, -0.1) is 0 Å². The van der Waals surface area contributed by atoms with Gasteiger partial charge in [0.25, 0.3) is 0 Å². The van der Waals surface area contributed by atoms with Crippen molar-refractivity contribution >= 4 is 11.6 Å². The molecule has 1 N–H and O–H groups in total. The number of hydrogen-bond acceptors (Lipinski definition) is 4. The van der Waals surface area contributed by atoms with Crippen molar-refractivity contribution < 1.29 is 4.79 Å². The van der Waals surface area contributed by atoms with Crippen LogP contribution in [0.5, 0.6) is 0 Å². The molecule has 0 aromatic carbocycles. The molecular weight excluding hydrogens is 290 g/mol. The molecule has 2 aromatic heterocycles. The van der Waals surface area contributed by atoms with Crippen molar-refractivity contribution in [1.29, 1.82) is 0 Å². The molecule has 0 aliphatic carbocycles. The van der Waals surface area contributed by atoms with Gasteiger partial charge in [-0.2, -0.15) is 5.10 Å². The number of amides is 1. The number of carbonyl (C=O) groups is 1. The quantitative estimate of drug-likeness (QED) is 0.940. The van der Waals surface area contributed by atoms with Gasteiger partial charge in [0, 0.05) is 42.4 Å². The number of anilines is 1. The first-order valence-corrected chi connectivity index (χ1v) is 8.00. The lowest BCUT2D eigenvalue weighted by Crippen LogP contribution is -2.33. The Kier molecular flexibility index (Phi) is 4.43. The SMILES string of the molecule is Cc1nn(C)c(C)c1[C@H]1CCCN1CC(=O)Nc1ccncc1. The second-order valence-electron chi connectivity index (χ2n) is 6.12. The average Bonchev–Trinajstić information content (AvgIpc) is 3.05. The molecule has 1 aliphatic rings. The van der Waals surface area contributed by atoms with Gasteiger partial charge in [-0.1, -0.05) is 0 Å². The largest absolute Gasteiger partial charge is 0.325 e. The highest BCUT2D eigenvalue weighted by molar-refractivity contribution is 5.92. The van der Waals surface area contributed by atoms with E-state index < -0.39 is 0 Å². The van der Waals surface area contributed by atoms with Crippen molar-refractivity contribution in [2.45, 2.75) is 32.7 Å². The minimum absolute atomic E-state index is 0.0160. The Morgan fingerprint density at radius 3 is 2.74 bits per heavy atom. The summed E-state index contributed by atoms with van der Waals surface area (Å²) in [6, 6.07) is 3.88. The lowest BCUT2D eigenvalue weighted by molar-refractivity contribution is -0.117. The number of nitrogens with one attached hydrogen (secondary N) is 1. The van der Waals surface area contributed by atoms with E-state index in [0.29, 0.717) is 6.54 Å². The van der Waals surface area contributed by atoms with Crippen molar-refractivity contribution in [3.63, 3.8) is 0 Å². The highest BCUT2D eigenvalue weighted by atomic mass is 16.2. The van der Waals surface area contributed by atoms with Crippen molar-refractivity contribution in [3.05, 3.63) is 41.5 Å². The normalized spacial score (nSPS) is 18.3. The van der Waals surface area contributed by atoms with E-state index >= 15 is 0 Å². The van der Waals surface area contributed by atoms with Crippen LogP contribution in [0.2, 0.25) is 0 Å². The van der Waals surface area contributed by atoms with Gasteiger partial charge in [-0.25, -0.2) is 0 Å². The van der Waals surface area contributed by atoms with E-state index in [9.17, 15) is 4.79 Å². The minimum Gasteiger partial charge on any atom is -0.325 e. The molecule has 3 heterocycles. The lowest BCUT2D eigenvalue weighted by atomic mass is 10.0. The Labute approximate surface area is 136 Å². The molecule has 1 atom stereocenters. The molecule has 6 nitrogen and oxygen atoms in total. The molecule has 1 fully saturated rings. The van der Waals surface area contributed by atoms with Gasteiger partial charge in [-0.05, 0) is 45.4 Å². The van der Waals surface area contributed by atoms with E-state index in [0.717, 1.165) is 30.8 Å². The Balaban J connectivity index is 1.71. The van der Waals surface area contributed by atoms with Crippen LogP contribution >= 0.6 is 0 Å². The van der Waals surface area contributed by atoms with Gasteiger partial charge in [0.15, 0.2) is 0 Å². The highest BCUT2D eigenvalue weighted by Gasteiger charge is 2.31. The molecule has 3 rings (SSSR count). The standard InChI is InChI=1S/C17H23N5O/c1-12-17(13(2)21(3)20-12)15-5-4-10-22(15)11-16(23)19-14-6-8-18-9-7-14/h6-9,15H,4-5,10-11H2,1-3H3,(H,18,19,23)/t15-/m1/s1. The molecule has 122 valence electrons. The maximum atomic E-state index is 12.3. The van der Waals surface area contributed by atoms with Crippen molar-refractivity contribution in [2.75, 3.05) is 18.4 Å². The van der Waals surface area contributed by atoms with Crippen LogP contribution in [0.15, 0.2) is 24.5 Å². The molecule has 0 saturated carbocycles. The summed E-state index contributed by atoms with van der Waals surface area (Å²) in [5.41, 5.74) is 4.32. The smallest absolute Gasteiger partial charge is 0.238 e. The second kappa shape index (κ2) is 6.50. The number of aromatic nitrogens is 3. The van der Waals surface area contributed by atoms with Gasteiger partial charge in [0.2, 0.25) is 5.91 Å². The number of rotatable bonds is 4. The van der Waals surface area contributed by atoms with E-state index in [1.54, 1.807) is 24.5 Å². The highest BCUT2D eigenvalue weighted by Crippen LogP contribution is 2.35. The van der Waals surface area contributed by atoms with Crippen molar-refractivity contribution in [2.24, 2.45) is 7.05 Å². The van der Waals surface area contributed by atoms with E-state index in [1.165, 1.54) is 11.3 Å². The van der Waals surface area contributed by atoms with Gasteiger partial charge in [-0.3, -0.25) is 19.4 Å². The molecule has 1 aliphatic heterocycles. The molecular formula is C17H23N5O. The topological polar surface area (TPSA) is 63.1 Å².